The lowest BCUT2D eigenvalue weighted by atomic mass is 10.1. The first-order valence-electron chi connectivity index (χ1n) is 9.21. The summed E-state index contributed by atoms with van der Waals surface area (Å²) in [4.78, 5) is 25.3. The number of hydrogen-bond donors (Lipinski definition) is 3. The Hall–Kier alpha value is -3.01. The second-order valence-corrected chi connectivity index (χ2v) is 9.19. The van der Waals surface area contributed by atoms with Crippen molar-refractivity contribution in [1.29, 1.82) is 0 Å². The van der Waals surface area contributed by atoms with E-state index in [4.69, 9.17) is 0 Å². The van der Waals surface area contributed by atoms with Crippen molar-refractivity contribution in [3.8, 4) is 0 Å². The van der Waals surface area contributed by atoms with Crippen LogP contribution in [0.1, 0.15) is 38.1 Å². The molecule has 0 aliphatic carbocycles. The van der Waals surface area contributed by atoms with Gasteiger partial charge in [0.05, 0.1) is 4.90 Å². The summed E-state index contributed by atoms with van der Waals surface area (Å²) < 4.78 is 27.2. The second-order valence-electron chi connectivity index (χ2n) is 6.39. The van der Waals surface area contributed by atoms with Gasteiger partial charge in [-0.15, -0.1) is 11.3 Å². The van der Waals surface area contributed by atoms with Gasteiger partial charge >= 0.3 is 0 Å². The zero-order valence-electron chi connectivity index (χ0n) is 16.2. The van der Waals surface area contributed by atoms with Gasteiger partial charge in [-0.1, -0.05) is 25.1 Å². The predicted molar refractivity (Wildman–Crippen MR) is 116 cm³/mol. The molecule has 3 aromatic rings. The molecule has 30 heavy (non-hydrogen) atoms. The molecular weight excluding hydrogens is 422 g/mol. The number of carbonyl (C=O) groups is 2. The van der Waals surface area contributed by atoms with E-state index in [2.05, 4.69) is 15.6 Å². The molecule has 1 heterocycles. The zero-order chi connectivity index (χ0) is 21.6. The Kier molecular flexibility index (Phi) is 6.99. The Balaban J connectivity index is 1.56. The van der Waals surface area contributed by atoms with Gasteiger partial charge in [0, 0.05) is 22.5 Å². The quantitative estimate of drug-likeness (QED) is 0.489. The molecule has 3 rings (SSSR count). The molecule has 0 atom stereocenters. The molecule has 7 nitrogen and oxygen atoms in total. The van der Waals surface area contributed by atoms with Gasteiger partial charge in [-0.2, -0.15) is 0 Å². The first-order valence-corrected chi connectivity index (χ1v) is 11.6. The summed E-state index contributed by atoms with van der Waals surface area (Å²) in [5, 5.41) is 1.87. The number of aryl methyl sites for hydroxylation is 1. The second kappa shape index (κ2) is 9.66. The maximum absolute atomic E-state index is 12.4. The lowest BCUT2D eigenvalue weighted by Gasteiger charge is -2.09. The number of sulfonamides is 1. The van der Waals surface area contributed by atoms with Crippen LogP contribution in [-0.4, -0.2) is 20.2 Å². The zero-order valence-corrected chi connectivity index (χ0v) is 17.8. The van der Waals surface area contributed by atoms with Crippen LogP contribution in [-0.2, 0) is 23.0 Å². The minimum Gasteiger partial charge on any atom is -0.267 e. The molecule has 0 spiro atoms. The van der Waals surface area contributed by atoms with Crippen LogP contribution in [0.25, 0.3) is 0 Å². The smallest absolute Gasteiger partial charge is 0.267 e. The molecule has 0 aliphatic heterocycles. The summed E-state index contributed by atoms with van der Waals surface area (Å²) in [5.74, 6) is -0.994. The van der Waals surface area contributed by atoms with Crippen molar-refractivity contribution in [3.63, 3.8) is 0 Å². The minimum absolute atomic E-state index is 0.0515. The van der Waals surface area contributed by atoms with Crippen LogP contribution in [0.4, 0.5) is 0 Å². The van der Waals surface area contributed by atoms with Crippen LogP contribution in [0.2, 0.25) is 0 Å². The molecule has 2 aromatic carbocycles. The Labute approximate surface area is 179 Å². The molecule has 9 heteroatoms. The van der Waals surface area contributed by atoms with E-state index in [9.17, 15) is 18.0 Å². The first kappa shape index (κ1) is 21.7. The van der Waals surface area contributed by atoms with Gasteiger partial charge in [-0.05, 0) is 59.8 Å². The van der Waals surface area contributed by atoms with E-state index in [-0.39, 0.29) is 17.0 Å². The molecule has 0 bridgehead atoms. The Morgan fingerprint density at radius 1 is 0.867 bits per heavy atom. The highest BCUT2D eigenvalue weighted by molar-refractivity contribution is 7.89. The van der Waals surface area contributed by atoms with Crippen molar-refractivity contribution in [2.24, 2.45) is 0 Å². The fraction of sp³-hybridized carbons (Fsp3) is 0.143. The number of hydrazine groups is 1. The van der Waals surface area contributed by atoms with Gasteiger partial charge in [-0.25, -0.2) is 13.1 Å². The largest absolute Gasteiger partial charge is 0.269 e. The van der Waals surface area contributed by atoms with E-state index in [0.717, 1.165) is 16.9 Å². The SMILES string of the molecule is CCc1ccc(C(=O)NNC(=O)c2ccc(S(=O)(=O)NCc3cccs3)cc2)cc1. The highest BCUT2D eigenvalue weighted by Crippen LogP contribution is 2.13. The normalized spacial score (nSPS) is 11.1. The number of nitrogens with one attached hydrogen (secondary N) is 3. The Morgan fingerprint density at radius 2 is 1.43 bits per heavy atom. The van der Waals surface area contributed by atoms with Crippen molar-refractivity contribution < 1.29 is 18.0 Å². The van der Waals surface area contributed by atoms with Crippen molar-refractivity contribution in [2.75, 3.05) is 0 Å². The van der Waals surface area contributed by atoms with Crippen LogP contribution in [0.3, 0.4) is 0 Å². The number of amides is 2. The molecule has 3 N–H and O–H groups in total. The lowest BCUT2D eigenvalue weighted by Crippen LogP contribution is -2.41. The van der Waals surface area contributed by atoms with Crippen LogP contribution >= 0.6 is 11.3 Å². The summed E-state index contributed by atoms with van der Waals surface area (Å²) in [7, 11) is -3.69. The van der Waals surface area contributed by atoms with Gasteiger partial charge in [0.2, 0.25) is 10.0 Å². The molecule has 0 fully saturated rings. The Bertz CT molecular complexity index is 1110. The number of hydrogen-bond acceptors (Lipinski definition) is 5. The number of benzene rings is 2. The molecule has 0 radical (unpaired) electrons. The molecule has 2 amide bonds. The summed E-state index contributed by atoms with van der Waals surface area (Å²) in [6.45, 7) is 2.22. The van der Waals surface area contributed by atoms with E-state index in [0.29, 0.717) is 5.56 Å². The standard InChI is InChI=1S/C21H21N3O4S2/c1-2-15-5-7-16(8-6-15)20(25)23-24-21(26)17-9-11-19(12-10-17)30(27,28)22-14-18-4-3-13-29-18/h3-13,22H,2,14H2,1H3,(H,23,25)(H,24,26). The van der Waals surface area contributed by atoms with Gasteiger partial charge in [0.15, 0.2) is 0 Å². The third-order valence-corrected chi connectivity index (χ3v) is 6.65. The minimum atomic E-state index is -3.69. The summed E-state index contributed by atoms with van der Waals surface area (Å²) in [6.07, 6.45) is 0.869. The summed E-state index contributed by atoms with van der Waals surface area (Å²) in [5.41, 5.74) is 6.42. The highest BCUT2D eigenvalue weighted by Gasteiger charge is 2.15. The first-order chi connectivity index (χ1) is 14.4. The van der Waals surface area contributed by atoms with E-state index in [1.807, 2.05) is 36.6 Å². The molecular formula is C21H21N3O4S2. The maximum Gasteiger partial charge on any atom is 0.269 e. The van der Waals surface area contributed by atoms with Gasteiger partial charge in [0.1, 0.15) is 0 Å². The average molecular weight is 444 g/mol. The molecule has 156 valence electrons. The third kappa shape index (κ3) is 5.53. The van der Waals surface area contributed by atoms with Crippen LogP contribution in [0.5, 0.6) is 0 Å². The van der Waals surface area contributed by atoms with E-state index in [1.165, 1.54) is 35.6 Å². The van der Waals surface area contributed by atoms with Crippen molar-refractivity contribution >= 4 is 33.2 Å². The van der Waals surface area contributed by atoms with Crippen LogP contribution in [0.15, 0.2) is 70.9 Å². The fourth-order valence-electron chi connectivity index (χ4n) is 2.60. The molecule has 0 saturated heterocycles. The van der Waals surface area contributed by atoms with Crippen LogP contribution < -0.4 is 15.6 Å². The fourth-order valence-corrected chi connectivity index (χ4v) is 4.34. The molecule has 1 aromatic heterocycles. The number of thiophene rings is 1. The van der Waals surface area contributed by atoms with Crippen molar-refractivity contribution in [1.82, 2.24) is 15.6 Å². The predicted octanol–water partition coefficient (Wildman–Crippen LogP) is 2.86. The van der Waals surface area contributed by atoms with Crippen molar-refractivity contribution in [2.45, 2.75) is 24.8 Å². The summed E-state index contributed by atoms with van der Waals surface area (Å²) in [6, 6.07) is 16.2. The molecule has 0 aliphatic rings. The molecule has 0 unspecified atom stereocenters. The summed E-state index contributed by atoms with van der Waals surface area (Å²) >= 11 is 1.46. The topological polar surface area (TPSA) is 104 Å². The van der Waals surface area contributed by atoms with Gasteiger partial charge in [-0.3, -0.25) is 20.4 Å². The monoisotopic (exact) mass is 443 g/mol. The van der Waals surface area contributed by atoms with E-state index >= 15 is 0 Å². The van der Waals surface area contributed by atoms with Gasteiger partial charge in [0.25, 0.3) is 11.8 Å². The number of carbonyl (C=O) groups excluding carboxylic acids is 2. The Morgan fingerprint density at radius 3 is 1.93 bits per heavy atom. The van der Waals surface area contributed by atoms with Crippen molar-refractivity contribution in [3.05, 3.63) is 87.6 Å². The van der Waals surface area contributed by atoms with Gasteiger partial charge < -0.3 is 0 Å². The third-order valence-electron chi connectivity index (χ3n) is 4.36. The molecule has 0 saturated carbocycles. The van der Waals surface area contributed by atoms with E-state index < -0.39 is 21.8 Å². The number of rotatable bonds is 7. The maximum atomic E-state index is 12.4. The average Bonchev–Trinajstić information content (AvgIpc) is 3.30. The van der Waals surface area contributed by atoms with Crippen LogP contribution in [0, 0.1) is 0 Å². The van der Waals surface area contributed by atoms with E-state index in [1.54, 1.807) is 12.1 Å². The lowest BCUT2D eigenvalue weighted by molar-refractivity contribution is 0.0846. The highest BCUT2D eigenvalue weighted by atomic mass is 32.2.